The fraction of sp³-hybridized carbons (Fsp3) is 0.368. The number of piperidine rings is 1. The fourth-order valence-electron chi connectivity index (χ4n) is 4.23. The van der Waals surface area contributed by atoms with Crippen molar-refractivity contribution in [2.24, 2.45) is 0 Å². The Morgan fingerprint density at radius 3 is 2.54 bits per heavy atom. The summed E-state index contributed by atoms with van der Waals surface area (Å²) in [5.41, 5.74) is 2.35. The lowest BCUT2D eigenvalue weighted by Crippen LogP contribution is -2.49. The van der Waals surface area contributed by atoms with Crippen LogP contribution in [0.15, 0.2) is 42.7 Å². The van der Waals surface area contributed by atoms with Crippen LogP contribution in [0.5, 0.6) is 5.75 Å². The Morgan fingerprint density at radius 2 is 1.77 bits per heavy atom. The number of carbonyl (C=O) groups is 1. The Bertz CT molecular complexity index is 931. The first-order valence-electron chi connectivity index (χ1n) is 8.89. The van der Waals surface area contributed by atoms with Gasteiger partial charge in [0.25, 0.3) is 5.91 Å². The first-order valence-corrected chi connectivity index (χ1v) is 9.62. The summed E-state index contributed by atoms with van der Waals surface area (Å²) in [7, 11) is 0. The Hall–Kier alpha value is -2.54. The van der Waals surface area contributed by atoms with Crippen LogP contribution in [0.1, 0.15) is 36.0 Å². The van der Waals surface area contributed by atoms with Crippen molar-refractivity contribution in [3.05, 3.63) is 48.3 Å². The number of carbonyl (C=O) groups excluding carboxylic acids is 1. The molecule has 2 fully saturated rings. The second-order valence-electron chi connectivity index (χ2n) is 6.96. The van der Waals surface area contributed by atoms with Crippen LogP contribution in [0, 0.1) is 0 Å². The molecule has 2 aliphatic rings. The van der Waals surface area contributed by atoms with Gasteiger partial charge in [-0.05, 0) is 43.2 Å². The van der Waals surface area contributed by atoms with Crippen LogP contribution >= 0.6 is 11.7 Å². The average Bonchev–Trinajstić information content (AvgIpc) is 3.24. The van der Waals surface area contributed by atoms with Crippen molar-refractivity contribution in [1.29, 1.82) is 0 Å². The van der Waals surface area contributed by atoms with Gasteiger partial charge in [-0.2, -0.15) is 8.75 Å². The summed E-state index contributed by atoms with van der Waals surface area (Å²) in [4.78, 5) is 19.2. The smallest absolute Gasteiger partial charge is 0.254 e. The molecule has 7 heteroatoms. The van der Waals surface area contributed by atoms with E-state index in [4.69, 9.17) is 4.74 Å². The van der Waals surface area contributed by atoms with E-state index in [2.05, 4.69) is 18.6 Å². The first-order chi connectivity index (χ1) is 12.8. The lowest BCUT2D eigenvalue weighted by Gasteiger charge is -2.39. The van der Waals surface area contributed by atoms with Gasteiger partial charge in [0.1, 0.15) is 22.9 Å². The maximum absolute atomic E-state index is 13.1. The third-order valence-electron chi connectivity index (χ3n) is 5.38. The fourth-order valence-corrected chi connectivity index (χ4v) is 4.75. The number of benzene rings is 1. The molecule has 0 spiro atoms. The SMILES string of the molecule is O=C(c1ccc2nsnc2c1)N1C2CCC1CC(Oc1ccncc1)C2. The number of pyridine rings is 1. The van der Waals surface area contributed by atoms with Gasteiger partial charge in [-0.1, -0.05) is 0 Å². The zero-order chi connectivity index (χ0) is 17.5. The van der Waals surface area contributed by atoms with Gasteiger partial charge in [-0.3, -0.25) is 9.78 Å². The van der Waals surface area contributed by atoms with Crippen molar-refractivity contribution in [2.45, 2.75) is 43.9 Å². The highest BCUT2D eigenvalue weighted by molar-refractivity contribution is 7.00. The van der Waals surface area contributed by atoms with Crippen LogP contribution in [-0.4, -0.2) is 42.7 Å². The molecule has 2 atom stereocenters. The molecule has 4 heterocycles. The molecule has 2 saturated heterocycles. The molecular weight excluding hydrogens is 348 g/mol. The average molecular weight is 366 g/mol. The van der Waals surface area contributed by atoms with Crippen LogP contribution in [0.2, 0.25) is 0 Å². The molecule has 0 aliphatic carbocycles. The van der Waals surface area contributed by atoms with E-state index in [1.165, 1.54) is 11.7 Å². The molecule has 1 aromatic carbocycles. The molecule has 2 unspecified atom stereocenters. The highest BCUT2D eigenvalue weighted by Gasteiger charge is 2.44. The molecule has 26 heavy (non-hydrogen) atoms. The van der Waals surface area contributed by atoms with Crippen molar-refractivity contribution in [1.82, 2.24) is 18.6 Å². The summed E-state index contributed by atoms with van der Waals surface area (Å²) < 4.78 is 14.6. The Kier molecular flexibility index (Phi) is 3.81. The number of hydrogen-bond donors (Lipinski definition) is 0. The van der Waals surface area contributed by atoms with Crippen molar-refractivity contribution >= 4 is 28.7 Å². The number of nitrogens with zero attached hydrogens (tertiary/aromatic N) is 4. The molecule has 5 rings (SSSR count). The lowest BCUT2D eigenvalue weighted by atomic mass is 9.98. The minimum atomic E-state index is 0.106. The minimum absolute atomic E-state index is 0.106. The monoisotopic (exact) mass is 366 g/mol. The van der Waals surface area contributed by atoms with Gasteiger partial charge in [0.05, 0.1) is 11.7 Å². The lowest BCUT2D eigenvalue weighted by molar-refractivity contribution is 0.0359. The van der Waals surface area contributed by atoms with Gasteiger partial charge in [0, 0.05) is 42.9 Å². The molecule has 2 aliphatic heterocycles. The van der Waals surface area contributed by atoms with E-state index in [0.29, 0.717) is 5.56 Å². The van der Waals surface area contributed by atoms with E-state index >= 15 is 0 Å². The van der Waals surface area contributed by atoms with Gasteiger partial charge in [0.2, 0.25) is 0 Å². The van der Waals surface area contributed by atoms with E-state index in [9.17, 15) is 4.79 Å². The predicted molar refractivity (Wildman–Crippen MR) is 98.3 cm³/mol. The molecule has 0 radical (unpaired) electrons. The highest BCUT2D eigenvalue weighted by atomic mass is 32.1. The predicted octanol–water partition coefficient (Wildman–Crippen LogP) is 3.30. The highest BCUT2D eigenvalue weighted by Crippen LogP contribution is 2.38. The minimum Gasteiger partial charge on any atom is -0.490 e. The molecular formula is C19H18N4O2S. The first kappa shape index (κ1) is 15.7. The van der Waals surface area contributed by atoms with E-state index in [1.807, 2.05) is 30.3 Å². The van der Waals surface area contributed by atoms with Crippen molar-refractivity contribution in [2.75, 3.05) is 0 Å². The maximum Gasteiger partial charge on any atom is 0.254 e. The van der Waals surface area contributed by atoms with Crippen LogP contribution in [0.4, 0.5) is 0 Å². The van der Waals surface area contributed by atoms with E-state index in [-0.39, 0.29) is 24.1 Å². The second kappa shape index (κ2) is 6.32. The molecule has 6 nitrogen and oxygen atoms in total. The molecule has 132 valence electrons. The van der Waals surface area contributed by atoms with Gasteiger partial charge in [-0.25, -0.2) is 0 Å². The van der Waals surface area contributed by atoms with E-state index in [0.717, 1.165) is 42.5 Å². The van der Waals surface area contributed by atoms with Crippen LogP contribution in [0.25, 0.3) is 11.0 Å². The second-order valence-corrected chi connectivity index (χ2v) is 7.49. The van der Waals surface area contributed by atoms with Crippen molar-refractivity contribution < 1.29 is 9.53 Å². The quantitative estimate of drug-likeness (QED) is 0.711. The molecule has 0 saturated carbocycles. The Morgan fingerprint density at radius 1 is 1.04 bits per heavy atom. The standard InChI is InChI=1S/C19H18N4O2S/c24-19(12-1-4-17-18(9-12)22-26-21-17)23-13-2-3-14(23)11-16(10-13)25-15-5-7-20-8-6-15/h1,4-9,13-14,16H,2-3,10-11H2. The summed E-state index contributed by atoms with van der Waals surface area (Å²) in [5.74, 6) is 0.959. The van der Waals surface area contributed by atoms with Crippen molar-refractivity contribution in [3.8, 4) is 5.75 Å². The third-order valence-corrected chi connectivity index (χ3v) is 5.93. The topological polar surface area (TPSA) is 68.2 Å². The third kappa shape index (κ3) is 2.72. The van der Waals surface area contributed by atoms with E-state index in [1.54, 1.807) is 12.4 Å². The molecule has 2 bridgehead atoms. The molecule has 2 aromatic heterocycles. The molecule has 0 N–H and O–H groups in total. The van der Waals surface area contributed by atoms with Crippen LogP contribution in [-0.2, 0) is 0 Å². The number of fused-ring (bicyclic) bond motifs is 3. The Balaban J connectivity index is 1.34. The van der Waals surface area contributed by atoms with Gasteiger partial charge >= 0.3 is 0 Å². The van der Waals surface area contributed by atoms with Crippen molar-refractivity contribution in [3.63, 3.8) is 0 Å². The van der Waals surface area contributed by atoms with Crippen LogP contribution < -0.4 is 4.74 Å². The number of ether oxygens (including phenoxy) is 1. The van der Waals surface area contributed by atoms with Gasteiger partial charge in [0.15, 0.2) is 0 Å². The molecule has 1 amide bonds. The van der Waals surface area contributed by atoms with Gasteiger partial charge < -0.3 is 9.64 Å². The van der Waals surface area contributed by atoms with Crippen LogP contribution in [0.3, 0.4) is 0 Å². The van der Waals surface area contributed by atoms with E-state index < -0.39 is 0 Å². The summed E-state index contributed by atoms with van der Waals surface area (Å²) in [5, 5.41) is 0. The zero-order valence-electron chi connectivity index (χ0n) is 14.1. The summed E-state index contributed by atoms with van der Waals surface area (Å²) in [6, 6.07) is 9.88. The number of amides is 1. The normalized spacial score (nSPS) is 24.8. The maximum atomic E-state index is 13.1. The summed E-state index contributed by atoms with van der Waals surface area (Å²) >= 11 is 1.18. The Labute approximate surface area is 155 Å². The zero-order valence-corrected chi connectivity index (χ0v) is 14.9. The number of rotatable bonds is 3. The number of aromatic nitrogens is 3. The van der Waals surface area contributed by atoms with Gasteiger partial charge in [-0.15, -0.1) is 0 Å². The number of hydrogen-bond acceptors (Lipinski definition) is 6. The summed E-state index contributed by atoms with van der Waals surface area (Å²) in [6.45, 7) is 0. The molecule has 3 aromatic rings. The largest absolute Gasteiger partial charge is 0.490 e. The summed E-state index contributed by atoms with van der Waals surface area (Å²) in [6.07, 6.45) is 7.50.